The molecule has 0 spiro atoms. The molecule has 0 unspecified atom stereocenters. The van der Waals surface area contributed by atoms with Gasteiger partial charge in [-0.3, -0.25) is 9.78 Å². The van der Waals surface area contributed by atoms with Crippen LogP contribution < -0.4 is 0 Å². The topological polar surface area (TPSA) is 59.2 Å². The lowest BCUT2D eigenvalue weighted by Gasteiger charge is -2.22. The average molecular weight is 353 g/mol. The van der Waals surface area contributed by atoms with E-state index < -0.39 is 0 Å². The Balaban J connectivity index is 1.72. The predicted molar refractivity (Wildman–Crippen MR) is 94.7 cm³/mol. The number of hydrogen-bond donors (Lipinski definition) is 0. The molecule has 0 aliphatic rings. The van der Waals surface area contributed by atoms with Crippen molar-refractivity contribution < 1.29 is 13.7 Å². The molecule has 2 aromatic heterocycles. The fourth-order valence-corrected chi connectivity index (χ4v) is 2.73. The van der Waals surface area contributed by atoms with Gasteiger partial charge in [0.1, 0.15) is 11.6 Å². The molecule has 134 valence electrons. The standard InChI is InChI=1S/C20H20FN3O2/c1-15-11-18(23-26-15)12-20(25)24(14-16-5-4-9-22-13-16)10-8-17-6-2-3-7-19(17)21/h2-7,9,11,13H,8,10,12,14H2,1H3. The van der Waals surface area contributed by atoms with Crippen LogP contribution in [0.3, 0.4) is 0 Å². The van der Waals surface area contributed by atoms with Crippen LogP contribution in [0.2, 0.25) is 0 Å². The van der Waals surface area contributed by atoms with Crippen LogP contribution in [0, 0.1) is 12.7 Å². The number of aromatic nitrogens is 2. The van der Waals surface area contributed by atoms with Crippen LogP contribution in [0.4, 0.5) is 4.39 Å². The largest absolute Gasteiger partial charge is 0.361 e. The van der Waals surface area contributed by atoms with Gasteiger partial charge in [-0.1, -0.05) is 29.4 Å². The molecule has 0 aliphatic carbocycles. The van der Waals surface area contributed by atoms with Crippen LogP contribution >= 0.6 is 0 Å². The van der Waals surface area contributed by atoms with E-state index in [1.165, 1.54) is 6.07 Å². The number of hydrogen-bond acceptors (Lipinski definition) is 4. The Morgan fingerprint density at radius 3 is 2.77 bits per heavy atom. The fraction of sp³-hybridized carbons (Fsp3) is 0.250. The van der Waals surface area contributed by atoms with Gasteiger partial charge in [0.15, 0.2) is 0 Å². The molecule has 26 heavy (non-hydrogen) atoms. The van der Waals surface area contributed by atoms with Gasteiger partial charge < -0.3 is 9.42 Å². The zero-order valence-electron chi connectivity index (χ0n) is 14.6. The van der Waals surface area contributed by atoms with Crippen molar-refractivity contribution in [2.75, 3.05) is 6.54 Å². The van der Waals surface area contributed by atoms with E-state index in [2.05, 4.69) is 10.1 Å². The zero-order valence-corrected chi connectivity index (χ0v) is 14.6. The van der Waals surface area contributed by atoms with Gasteiger partial charge in [0.2, 0.25) is 5.91 Å². The number of rotatable bonds is 7. The third-order valence-electron chi connectivity index (χ3n) is 4.07. The molecule has 3 aromatic rings. The van der Waals surface area contributed by atoms with E-state index in [-0.39, 0.29) is 18.1 Å². The molecule has 1 amide bonds. The maximum Gasteiger partial charge on any atom is 0.229 e. The SMILES string of the molecule is Cc1cc(CC(=O)N(CCc2ccccc2F)Cc2cccnc2)no1. The zero-order chi connectivity index (χ0) is 18.4. The molecule has 0 bridgehead atoms. The first-order chi connectivity index (χ1) is 12.6. The first-order valence-corrected chi connectivity index (χ1v) is 8.44. The summed E-state index contributed by atoms with van der Waals surface area (Å²) < 4.78 is 18.9. The monoisotopic (exact) mass is 353 g/mol. The predicted octanol–water partition coefficient (Wildman–Crippen LogP) is 3.33. The number of amides is 1. The third-order valence-corrected chi connectivity index (χ3v) is 4.07. The number of carbonyl (C=O) groups is 1. The lowest BCUT2D eigenvalue weighted by atomic mass is 10.1. The van der Waals surface area contributed by atoms with Crippen molar-refractivity contribution in [1.82, 2.24) is 15.0 Å². The van der Waals surface area contributed by atoms with E-state index in [0.717, 1.165) is 5.56 Å². The molecule has 0 fully saturated rings. The quantitative estimate of drug-likeness (QED) is 0.654. The Morgan fingerprint density at radius 1 is 1.23 bits per heavy atom. The molecule has 2 heterocycles. The highest BCUT2D eigenvalue weighted by Crippen LogP contribution is 2.12. The second-order valence-electron chi connectivity index (χ2n) is 6.12. The minimum Gasteiger partial charge on any atom is -0.361 e. The van der Waals surface area contributed by atoms with Crippen molar-refractivity contribution in [2.24, 2.45) is 0 Å². The van der Waals surface area contributed by atoms with E-state index in [0.29, 0.717) is 36.5 Å². The lowest BCUT2D eigenvalue weighted by molar-refractivity contribution is -0.131. The number of benzene rings is 1. The highest BCUT2D eigenvalue weighted by molar-refractivity contribution is 5.78. The van der Waals surface area contributed by atoms with Gasteiger partial charge in [-0.05, 0) is 36.6 Å². The Labute approximate surface area is 151 Å². The van der Waals surface area contributed by atoms with Gasteiger partial charge in [0, 0.05) is 31.5 Å². The van der Waals surface area contributed by atoms with Gasteiger partial charge in [0.25, 0.3) is 0 Å². The Bertz CT molecular complexity index is 864. The summed E-state index contributed by atoms with van der Waals surface area (Å²) in [7, 11) is 0. The normalized spacial score (nSPS) is 10.7. The number of aryl methyl sites for hydroxylation is 1. The molecular formula is C20H20FN3O2. The first-order valence-electron chi connectivity index (χ1n) is 8.44. The van der Waals surface area contributed by atoms with Crippen LogP contribution in [0.15, 0.2) is 59.4 Å². The van der Waals surface area contributed by atoms with Crippen molar-refractivity contribution in [3.63, 3.8) is 0 Å². The van der Waals surface area contributed by atoms with Gasteiger partial charge in [-0.25, -0.2) is 4.39 Å². The van der Waals surface area contributed by atoms with Crippen LogP contribution in [0.1, 0.15) is 22.6 Å². The van der Waals surface area contributed by atoms with Crippen molar-refractivity contribution in [3.8, 4) is 0 Å². The van der Waals surface area contributed by atoms with Crippen molar-refractivity contribution in [2.45, 2.75) is 26.3 Å². The lowest BCUT2D eigenvalue weighted by Crippen LogP contribution is -2.34. The maximum atomic E-state index is 13.9. The number of pyridine rings is 1. The molecule has 6 heteroatoms. The van der Waals surface area contributed by atoms with E-state index in [4.69, 9.17) is 4.52 Å². The maximum absolute atomic E-state index is 13.9. The van der Waals surface area contributed by atoms with Gasteiger partial charge in [-0.15, -0.1) is 0 Å². The third kappa shape index (κ3) is 4.75. The summed E-state index contributed by atoms with van der Waals surface area (Å²) in [6, 6.07) is 12.1. The summed E-state index contributed by atoms with van der Waals surface area (Å²) >= 11 is 0. The van der Waals surface area contributed by atoms with Gasteiger partial charge in [-0.2, -0.15) is 0 Å². The van der Waals surface area contributed by atoms with Crippen LogP contribution in [-0.4, -0.2) is 27.5 Å². The Hall–Kier alpha value is -3.02. The van der Waals surface area contributed by atoms with Crippen LogP contribution in [0.5, 0.6) is 0 Å². The van der Waals surface area contributed by atoms with Crippen molar-refractivity contribution >= 4 is 5.91 Å². The second kappa shape index (κ2) is 8.38. The van der Waals surface area contributed by atoms with Crippen LogP contribution in [-0.2, 0) is 24.2 Å². The van der Waals surface area contributed by atoms with Gasteiger partial charge >= 0.3 is 0 Å². The van der Waals surface area contributed by atoms with Gasteiger partial charge in [0.05, 0.1) is 12.1 Å². The van der Waals surface area contributed by atoms with E-state index in [1.807, 2.05) is 12.1 Å². The molecular weight excluding hydrogens is 333 g/mol. The fourth-order valence-electron chi connectivity index (χ4n) is 2.73. The van der Waals surface area contributed by atoms with E-state index in [9.17, 15) is 9.18 Å². The second-order valence-corrected chi connectivity index (χ2v) is 6.12. The van der Waals surface area contributed by atoms with E-state index >= 15 is 0 Å². The smallest absolute Gasteiger partial charge is 0.229 e. The highest BCUT2D eigenvalue weighted by atomic mass is 19.1. The summed E-state index contributed by atoms with van der Waals surface area (Å²) in [6.07, 6.45) is 4.00. The molecule has 1 aromatic carbocycles. The molecule has 3 rings (SSSR count). The summed E-state index contributed by atoms with van der Waals surface area (Å²) in [5.41, 5.74) is 2.11. The molecule has 0 N–H and O–H groups in total. The first kappa shape index (κ1) is 17.8. The Kier molecular flexibility index (Phi) is 5.73. The summed E-state index contributed by atoms with van der Waals surface area (Å²) in [5.74, 6) is 0.324. The summed E-state index contributed by atoms with van der Waals surface area (Å²) in [5, 5.41) is 3.88. The molecule has 0 saturated carbocycles. The molecule has 0 saturated heterocycles. The number of nitrogens with zero attached hydrogens (tertiary/aromatic N) is 3. The Morgan fingerprint density at radius 2 is 2.08 bits per heavy atom. The molecule has 0 aliphatic heterocycles. The number of carbonyl (C=O) groups excluding carboxylic acids is 1. The molecule has 0 radical (unpaired) electrons. The summed E-state index contributed by atoms with van der Waals surface area (Å²) in [6.45, 7) is 2.61. The molecule has 5 nitrogen and oxygen atoms in total. The minimum absolute atomic E-state index is 0.0847. The van der Waals surface area contributed by atoms with E-state index in [1.54, 1.807) is 48.5 Å². The minimum atomic E-state index is -0.256. The van der Waals surface area contributed by atoms with Crippen LogP contribution in [0.25, 0.3) is 0 Å². The highest BCUT2D eigenvalue weighted by Gasteiger charge is 2.17. The summed E-state index contributed by atoms with van der Waals surface area (Å²) in [4.78, 5) is 18.6. The van der Waals surface area contributed by atoms with Crippen molar-refractivity contribution in [3.05, 3.63) is 83.3 Å². The van der Waals surface area contributed by atoms with Crippen molar-refractivity contribution in [1.29, 1.82) is 0 Å². The average Bonchev–Trinajstić information content (AvgIpc) is 3.05. The number of halogens is 1. The molecule has 0 atom stereocenters.